The first-order chi connectivity index (χ1) is 9.11. The van der Waals surface area contributed by atoms with Crippen molar-refractivity contribution >= 4 is 0 Å². The van der Waals surface area contributed by atoms with Gasteiger partial charge in [-0.1, -0.05) is 12.1 Å². The number of aromatic nitrogens is 2. The molecule has 1 aliphatic heterocycles. The predicted molar refractivity (Wildman–Crippen MR) is 68.3 cm³/mol. The van der Waals surface area contributed by atoms with Crippen LogP contribution in [-0.4, -0.2) is 52.5 Å². The van der Waals surface area contributed by atoms with Crippen molar-refractivity contribution in [3.63, 3.8) is 0 Å². The molecule has 1 fully saturated rings. The van der Waals surface area contributed by atoms with E-state index in [2.05, 4.69) is 22.0 Å². The van der Waals surface area contributed by atoms with E-state index in [9.17, 15) is 5.11 Å². The Hall–Kier alpha value is -1.02. The quantitative estimate of drug-likeness (QED) is 0.790. The van der Waals surface area contributed by atoms with Crippen LogP contribution in [0.5, 0.6) is 0 Å². The van der Waals surface area contributed by atoms with E-state index in [0.29, 0.717) is 12.4 Å². The van der Waals surface area contributed by atoms with Gasteiger partial charge >= 0.3 is 0 Å². The smallest absolute Gasteiger partial charge is 0.246 e. The number of nitrogens with two attached hydrogens (primary N) is 1. The van der Waals surface area contributed by atoms with Crippen LogP contribution in [0.4, 0.5) is 0 Å². The normalized spacial score (nSPS) is 24.3. The van der Waals surface area contributed by atoms with Gasteiger partial charge in [0, 0.05) is 13.1 Å². The second-order valence-corrected chi connectivity index (χ2v) is 4.92. The molecule has 7 nitrogen and oxygen atoms in total. The summed E-state index contributed by atoms with van der Waals surface area (Å²) in [4.78, 5) is 6.55. The lowest BCUT2D eigenvalue weighted by Gasteiger charge is -2.30. The van der Waals surface area contributed by atoms with E-state index in [1.807, 2.05) is 0 Å². The summed E-state index contributed by atoms with van der Waals surface area (Å²) in [6, 6.07) is -0.656. The Morgan fingerprint density at radius 1 is 1.58 bits per heavy atom. The van der Waals surface area contributed by atoms with Gasteiger partial charge in [-0.3, -0.25) is 4.90 Å². The lowest BCUT2D eigenvalue weighted by Crippen LogP contribution is -2.39. The third kappa shape index (κ3) is 3.50. The third-order valence-corrected chi connectivity index (χ3v) is 3.24. The van der Waals surface area contributed by atoms with Crippen molar-refractivity contribution < 1.29 is 14.4 Å². The Kier molecular flexibility index (Phi) is 4.87. The second-order valence-electron chi connectivity index (χ2n) is 4.92. The molecule has 3 atom stereocenters. The van der Waals surface area contributed by atoms with Crippen molar-refractivity contribution in [2.24, 2.45) is 5.73 Å². The van der Waals surface area contributed by atoms with Crippen LogP contribution in [0, 0.1) is 0 Å². The van der Waals surface area contributed by atoms with Crippen LogP contribution in [-0.2, 0) is 4.74 Å². The molecule has 0 amide bonds. The van der Waals surface area contributed by atoms with Gasteiger partial charge in [-0.15, -0.1) is 0 Å². The number of aliphatic hydroxyl groups excluding tert-OH is 1. The Morgan fingerprint density at radius 2 is 2.37 bits per heavy atom. The van der Waals surface area contributed by atoms with Crippen molar-refractivity contribution in [1.29, 1.82) is 0 Å². The molecule has 0 spiro atoms. The Bertz CT molecular complexity index is 394. The van der Waals surface area contributed by atoms with Crippen LogP contribution >= 0.6 is 0 Å². The van der Waals surface area contributed by atoms with Crippen molar-refractivity contribution in [2.45, 2.75) is 38.5 Å². The zero-order chi connectivity index (χ0) is 13.8. The van der Waals surface area contributed by atoms with Gasteiger partial charge in [0.15, 0.2) is 0 Å². The van der Waals surface area contributed by atoms with Gasteiger partial charge in [0.25, 0.3) is 0 Å². The number of ether oxygens (including phenoxy) is 1. The number of nitrogens with zero attached hydrogens (tertiary/aromatic N) is 3. The number of aliphatic hydroxyl groups is 1. The maximum absolute atomic E-state index is 9.41. The van der Waals surface area contributed by atoms with E-state index < -0.39 is 12.1 Å². The minimum atomic E-state index is -0.725. The van der Waals surface area contributed by atoms with Gasteiger partial charge in [0.2, 0.25) is 11.7 Å². The maximum Gasteiger partial charge on any atom is 0.246 e. The highest BCUT2D eigenvalue weighted by Gasteiger charge is 2.27. The first-order valence-corrected chi connectivity index (χ1v) is 6.73. The monoisotopic (exact) mass is 270 g/mol. The third-order valence-electron chi connectivity index (χ3n) is 3.24. The van der Waals surface area contributed by atoms with E-state index in [0.717, 1.165) is 26.1 Å². The molecular weight excluding hydrogens is 248 g/mol. The summed E-state index contributed by atoms with van der Waals surface area (Å²) >= 11 is 0. The minimum absolute atomic E-state index is 0.181. The summed E-state index contributed by atoms with van der Waals surface area (Å²) < 4.78 is 10.8. The molecule has 2 heterocycles. The Morgan fingerprint density at radius 3 is 3.05 bits per heavy atom. The van der Waals surface area contributed by atoms with Crippen LogP contribution in [0.15, 0.2) is 4.52 Å². The second kappa shape index (κ2) is 6.42. The number of hydrogen-bond donors (Lipinski definition) is 2. The van der Waals surface area contributed by atoms with Gasteiger partial charge in [-0.05, 0) is 19.9 Å². The number of morpholine rings is 1. The molecule has 1 saturated heterocycles. The van der Waals surface area contributed by atoms with E-state index in [1.54, 1.807) is 6.92 Å². The van der Waals surface area contributed by atoms with Crippen LogP contribution in [0.3, 0.4) is 0 Å². The number of rotatable bonds is 5. The topological polar surface area (TPSA) is 97.6 Å². The standard InChI is InChI=1S/C12H22N4O3/c1-3-4-16-5-6-18-9(7-16)11-14-12(19-15-11)10(13)8(2)17/h8-10,17H,3-7,13H2,1-2H3/t8-,9?,10+/m1/s1. The molecule has 7 heteroatoms. The van der Waals surface area contributed by atoms with Crippen LogP contribution in [0.1, 0.15) is 44.1 Å². The molecule has 0 radical (unpaired) electrons. The SMILES string of the molecule is CCCN1CCOC(c2noc([C@@H](N)[C@@H](C)O)n2)C1. The zero-order valence-corrected chi connectivity index (χ0v) is 11.5. The molecule has 1 aliphatic rings. The largest absolute Gasteiger partial charge is 0.391 e. The van der Waals surface area contributed by atoms with Gasteiger partial charge in [-0.25, -0.2) is 0 Å². The molecular formula is C12H22N4O3. The highest BCUT2D eigenvalue weighted by molar-refractivity contribution is 4.98. The van der Waals surface area contributed by atoms with E-state index in [1.165, 1.54) is 0 Å². The molecule has 0 saturated carbocycles. The summed E-state index contributed by atoms with van der Waals surface area (Å²) in [5, 5.41) is 13.3. The molecule has 2 rings (SSSR count). The molecule has 3 N–H and O–H groups in total. The van der Waals surface area contributed by atoms with Crippen LogP contribution in [0.25, 0.3) is 0 Å². The molecule has 19 heavy (non-hydrogen) atoms. The fourth-order valence-electron chi connectivity index (χ4n) is 2.10. The molecule has 1 unspecified atom stereocenters. The average molecular weight is 270 g/mol. The zero-order valence-electron chi connectivity index (χ0n) is 11.5. The summed E-state index contributed by atoms with van der Waals surface area (Å²) in [6.07, 6.45) is 0.202. The van der Waals surface area contributed by atoms with E-state index >= 15 is 0 Å². The first-order valence-electron chi connectivity index (χ1n) is 6.73. The van der Waals surface area contributed by atoms with Crippen molar-refractivity contribution in [2.75, 3.05) is 26.2 Å². The maximum atomic E-state index is 9.41. The van der Waals surface area contributed by atoms with Gasteiger partial charge in [0.1, 0.15) is 12.1 Å². The Labute approximate surface area is 112 Å². The van der Waals surface area contributed by atoms with E-state index in [-0.39, 0.29) is 12.0 Å². The molecule has 0 aromatic carbocycles. The van der Waals surface area contributed by atoms with Gasteiger partial charge in [-0.2, -0.15) is 4.98 Å². The average Bonchev–Trinajstić information content (AvgIpc) is 2.88. The summed E-state index contributed by atoms with van der Waals surface area (Å²) in [5.74, 6) is 0.758. The Balaban J connectivity index is 2.01. The lowest BCUT2D eigenvalue weighted by molar-refractivity contribution is -0.0350. The van der Waals surface area contributed by atoms with E-state index in [4.69, 9.17) is 15.0 Å². The molecule has 108 valence electrons. The summed E-state index contributed by atoms with van der Waals surface area (Å²) in [6.45, 7) is 7.14. The minimum Gasteiger partial charge on any atom is -0.391 e. The molecule has 1 aromatic rings. The van der Waals surface area contributed by atoms with Crippen LogP contribution < -0.4 is 5.73 Å². The fourth-order valence-corrected chi connectivity index (χ4v) is 2.10. The summed E-state index contributed by atoms with van der Waals surface area (Å²) in [5.41, 5.74) is 5.76. The molecule has 0 aliphatic carbocycles. The van der Waals surface area contributed by atoms with Gasteiger partial charge in [0.05, 0.1) is 12.7 Å². The molecule has 1 aromatic heterocycles. The lowest BCUT2D eigenvalue weighted by atomic mass is 10.2. The van der Waals surface area contributed by atoms with Crippen LogP contribution in [0.2, 0.25) is 0 Å². The van der Waals surface area contributed by atoms with Crippen molar-refractivity contribution in [3.05, 3.63) is 11.7 Å². The molecule has 0 bridgehead atoms. The van der Waals surface area contributed by atoms with Crippen molar-refractivity contribution in [1.82, 2.24) is 15.0 Å². The number of hydrogen-bond acceptors (Lipinski definition) is 7. The van der Waals surface area contributed by atoms with Crippen molar-refractivity contribution in [3.8, 4) is 0 Å². The highest BCUT2D eigenvalue weighted by Crippen LogP contribution is 2.21. The first kappa shape index (κ1) is 14.4. The van der Waals surface area contributed by atoms with Gasteiger partial charge < -0.3 is 20.1 Å². The highest BCUT2D eigenvalue weighted by atomic mass is 16.5. The predicted octanol–water partition coefficient (Wildman–Crippen LogP) is 0.234. The summed E-state index contributed by atoms with van der Waals surface area (Å²) in [7, 11) is 0. The fraction of sp³-hybridized carbons (Fsp3) is 0.833.